The third-order valence-electron chi connectivity index (χ3n) is 4.34. The van der Waals surface area contributed by atoms with Gasteiger partial charge in [-0.2, -0.15) is 0 Å². The molecular weight excluding hydrogens is 317 g/mol. The summed E-state index contributed by atoms with van der Waals surface area (Å²) >= 11 is 0. The van der Waals surface area contributed by atoms with Gasteiger partial charge in [0, 0.05) is 31.1 Å². The van der Waals surface area contributed by atoms with E-state index < -0.39 is 17.9 Å². The molecule has 1 aromatic carbocycles. The summed E-state index contributed by atoms with van der Waals surface area (Å²) in [5.41, 5.74) is 1.03. The number of amides is 2. The molecule has 8 heteroatoms. The molecule has 24 heavy (non-hydrogen) atoms. The van der Waals surface area contributed by atoms with Gasteiger partial charge in [0.25, 0.3) is 0 Å². The molecule has 128 valence electrons. The lowest BCUT2D eigenvalue weighted by Gasteiger charge is -2.38. The molecule has 1 unspecified atom stereocenters. The number of nitrogens with zero attached hydrogens (tertiary/aromatic N) is 1. The Hall–Kier alpha value is -2.48. The van der Waals surface area contributed by atoms with Crippen molar-refractivity contribution in [2.24, 2.45) is 0 Å². The number of carboxylic acid groups (broad SMARTS) is 1. The molecule has 2 aliphatic rings. The fraction of sp³-hybridized carbons (Fsp3) is 0.438. The predicted molar refractivity (Wildman–Crippen MR) is 83.0 cm³/mol. The molecule has 2 aliphatic heterocycles. The van der Waals surface area contributed by atoms with Crippen LogP contribution in [0.15, 0.2) is 18.2 Å². The van der Waals surface area contributed by atoms with E-state index in [0.717, 1.165) is 0 Å². The molecule has 1 atom stereocenters. The van der Waals surface area contributed by atoms with Gasteiger partial charge in [-0.15, -0.1) is 0 Å². The summed E-state index contributed by atoms with van der Waals surface area (Å²) < 4.78 is 14.3. The molecule has 1 aromatic rings. The monoisotopic (exact) mass is 335 g/mol. The van der Waals surface area contributed by atoms with Crippen LogP contribution < -0.4 is 10.6 Å². The van der Waals surface area contributed by atoms with Crippen molar-refractivity contribution in [2.45, 2.75) is 24.8 Å². The molecule has 0 spiro atoms. The zero-order chi connectivity index (χ0) is 17.3. The number of anilines is 1. The number of hydrogen-bond donors (Lipinski definition) is 3. The molecule has 0 aliphatic carbocycles. The van der Waals surface area contributed by atoms with Crippen LogP contribution >= 0.6 is 0 Å². The van der Waals surface area contributed by atoms with Crippen LogP contribution in [-0.4, -0.2) is 53.5 Å². The van der Waals surface area contributed by atoms with E-state index in [9.17, 15) is 18.8 Å². The van der Waals surface area contributed by atoms with Crippen LogP contribution in [0, 0.1) is 5.82 Å². The molecule has 0 saturated carbocycles. The number of rotatable bonds is 5. The van der Waals surface area contributed by atoms with Crippen LogP contribution in [-0.2, 0) is 14.4 Å². The van der Waals surface area contributed by atoms with Gasteiger partial charge in [0.05, 0.1) is 6.54 Å². The van der Waals surface area contributed by atoms with E-state index in [0.29, 0.717) is 30.8 Å². The average molecular weight is 335 g/mol. The number of imide groups is 1. The summed E-state index contributed by atoms with van der Waals surface area (Å²) in [5.74, 6) is -1.99. The molecule has 2 saturated heterocycles. The SMILES string of the molecule is O=C(O)CN1CC(c2ccc(NC3CCC(=O)NC3=O)cc2F)C1. The number of nitrogens with one attached hydrogen (secondary N) is 2. The maximum atomic E-state index is 14.3. The van der Waals surface area contributed by atoms with Crippen molar-refractivity contribution in [2.75, 3.05) is 25.0 Å². The van der Waals surface area contributed by atoms with Gasteiger partial charge >= 0.3 is 5.97 Å². The van der Waals surface area contributed by atoms with E-state index in [2.05, 4.69) is 10.6 Å². The highest BCUT2D eigenvalue weighted by Crippen LogP contribution is 2.30. The quantitative estimate of drug-likeness (QED) is 0.679. The van der Waals surface area contributed by atoms with Crippen molar-refractivity contribution >= 4 is 23.5 Å². The number of benzene rings is 1. The molecule has 2 fully saturated rings. The Bertz CT molecular complexity index is 688. The minimum atomic E-state index is -0.891. The second kappa shape index (κ2) is 6.56. The number of carbonyl (C=O) groups excluding carboxylic acids is 2. The third-order valence-corrected chi connectivity index (χ3v) is 4.34. The van der Waals surface area contributed by atoms with E-state index in [4.69, 9.17) is 5.11 Å². The van der Waals surface area contributed by atoms with Crippen molar-refractivity contribution in [3.05, 3.63) is 29.6 Å². The lowest BCUT2D eigenvalue weighted by atomic mass is 9.91. The number of aliphatic carboxylic acids is 1. The molecular formula is C16H18FN3O4. The van der Waals surface area contributed by atoms with Crippen molar-refractivity contribution in [1.29, 1.82) is 0 Å². The maximum Gasteiger partial charge on any atom is 0.317 e. The Labute approximate surface area is 137 Å². The van der Waals surface area contributed by atoms with Gasteiger partial charge in [-0.25, -0.2) is 4.39 Å². The summed E-state index contributed by atoms with van der Waals surface area (Å²) in [6.45, 7) is 1.000. The lowest BCUT2D eigenvalue weighted by molar-refractivity contribution is -0.139. The smallest absolute Gasteiger partial charge is 0.317 e. The van der Waals surface area contributed by atoms with Gasteiger partial charge in [-0.3, -0.25) is 24.6 Å². The number of carboxylic acids is 1. The molecule has 7 nitrogen and oxygen atoms in total. The maximum absolute atomic E-state index is 14.3. The summed E-state index contributed by atoms with van der Waals surface area (Å²) in [6, 6.07) is 4.13. The highest BCUT2D eigenvalue weighted by atomic mass is 19.1. The van der Waals surface area contributed by atoms with E-state index in [1.165, 1.54) is 6.07 Å². The summed E-state index contributed by atoms with van der Waals surface area (Å²) in [7, 11) is 0. The third kappa shape index (κ3) is 3.53. The summed E-state index contributed by atoms with van der Waals surface area (Å²) in [4.78, 5) is 35.2. The number of likely N-dealkylation sites (tertiary alicyclic amines) is 1. The van der Waals surface area contributed by atoms with Gasteiger partial charge in [0.2, 0.25) is 11.8 Å². The molecule has 0 bridgehead atoms. The topological polar surface area (TPSA) is 98.7 Å². The molecule has 3 rings (SSSR count). The van der Waals surface area contributed by atoms with Crippen molar-refractivity contribution < 1.29 is 23.9 Å². The normalized spacial score (nSPS) is 22.0. The number of piperidine rings is 1. The van der Waals surface area contributed by atoms with E-state index in [-0.39, 0.29) is 30.6 Å². The van der Waals surface area contributed by atoms with Gasteiger partial charge in [0.1, 0.15) is 11.9 Å². The standard InChI is InChI=1S/C16H18FN3O4/c17-12-5-10(18-13-3-4-14(21)19-16(13)24)1-2-11(12)9-6-20(7-9)8-15(22)23/h1-2,5,9,13,18H,3-4,6-8H2,(H,22,23)(H,19,21,24). The van der Waals surface area contributed by atoms with Crippen LogP contribution in [0.5, 0.6) is 0 Å². The van der Waals surface area contributed by atoms with Crippen molar-refractivity contribution in [3.63, 3.8) is 0 Å². The lowest BCUT2D eigenvalue weighted by Crippen LogP contribution is -2.47. The first kappa shape index (κ1) is 16.4. The Morgan fingerprint density at radius 3 is 2.75 bits per heavy atom. The highest BCUT2D eigenvalue weighted by Gasteiger charge is 2.31. The average Bonchev–Trinajstić information content (AvgIpc) is 2.46. The zero-order valence-electron chi connectivity index (χ0n) is 12.9. The van der Waals surface area contributed by atoms with Gasteiger partial charge < -0.3 is 10.4 Å². The predicted octanol–water partition coefficient (Wildman–Crippen LogP) is 0.527. The van der Waals surface area contributed by atoms with Crippen LogP contribution in [0.1, 0.15) is 24.3 Å². The summed E-state index contributed by atoms with van der Waals surface area (Å²) in [6.07, 6.45) is 0.631. The van der Waals surface area contributed by atoms with Crippen molar-refractivity contribution in [1.82, 2.24) is 10.2 Å². The van der Waals surface area contributed by atoms with Gasteiger partial charge in [-0.05, 0) is 24.1 Å². The largest absolute Gasteiger partial charge is 0.480 e. The molecule has 0 aromatic heterocycles. The van der Waals surface area contributed by atoms with E-state index >= 15 is 0 Å². The second-order valence-electron chi connectivity index (χ2n) is 6.17. The van der Waals surface area contributed by atoms with Crippen LogP contribution in [0.25, 0.3) is 0 Å². The van der Waals surface area contributed by atoms with Crippen LogP contribution in [0.2, 0.25) is 0 Å². The number of halogens is 1. The van der Waals surface area contributed by atoms with Gasteiger partial charge in [0.15, 0.2) is 0 Å². The van der Waals surface area contributed by atoms with Crippen molar-refractivity contribution in [3.8, 4) is 0 Å². The fourth-order valence-electron chi connectivity index (χ4n) is 3.07. The zero-order valence-corrected chi connectivity index (χ0v) is 12.9. The molecule has 0 radical (unpaired) electrons. The van der Waals surface area contributed by atoms with E-state index in [1.807, 2.05) is 0 Å². The van der Waals surface area contributed by atoms with Crippen LogP contribution in [0.4, 0.5) is 10.1 Å². The highest BCUT2D eigenvalue weighted by molar-refractivity contribution is 6.01. The number of hydrogen-bond acceptors (Lipinski definition) is 5. The minimum Gasteiger partial charge on any atom is -0.480 e. The molecule has 3 N–H and O–H groups in total. The minimum absolute atomic E-state index is 0.0194. The van der Waals surface area contributed by atoms with Crippen LogP contribution in [0.3, 0.4) is 0 Å². The molecule has 2 amide bonds. The summed E-state index contributed by atoms with van der Waals surface area (Å²) in [5, 5.41) is 13.9. The first-order chi connectivity index (χ1) is 11.4. The van der Waals surface area contributed by atoms with E-state index in [1.54, 1.807) is 17.0 Å². The molecule has 2 heterocycles. The fourth-order valence-corrected chi connectivity index (χ4v) is 3.07. The Morgan fingerprint density at radius 1 is 1.38 bits per heavy atom. The van der Waals surface area contributed by atoms with Gasteiger partial charge in [-0.1, -0.05) is 6.07 Å². The Morgan fingerprint density at radius 2 is 2.12 bits per heavy atom. The second-order valence-corrected chi connectivity index (χ2v) is 6.17. The number of carbonyl (C=O) groups is 3. The first-order valence-corrected chi connectivity index (χ1v) is 7.76. The first-order valence-electron chi connectivity index (χ1n) is 7.76. The Balaban J connectivity index is 1.60. The Kier molecular flexibility index (Phi) is 4.48.